The van der Waals surface area contributed by atoms with Gasteiger partial charge in [-0.15, -0.1) is 0 Å². The van der Waals surface area contributed by atoms with Crippen molar-refractivity contribution >= 4 is 21.6 Å². The van der Waals surface area contributed by atoms with Crippen LogP contribution in [0.3, 0.4) is 0 Å². The highest BCUT2D eigenvalue weighted by Crippen LogP contribution is 2.36. The first-order valence-corrected chi connectivity index (χ1v) is 6.61. The number of halogens is 4. The molecule has 1 aliphatic rings. The van der Waals surface area contributed by atoms with Gasteiger partial charge in [0.25, 0.3) is 0 Å². The normalized spacial score (nSPS) is 17.8. The van der Waals surface area contributed by atoms with Crippen LogP contribution in [0.25, 0.3) is 0 Å². The van der Waals surface area contributed by atoms with E-state index in [9.17, 15) is 13.2 Å². The molecule has 1 unspecified atom stereocenters. The average molecular weight is 341 g/mol. The van der Waals surface area contributed by atoms with Crippen LogP contribution in [0.15, 0.2) is 52.1 Å². The molecule has 1 aliphatic heterocycles. The molecule has 2 aromatic rings. The lowest BCUT2D eigenvalue weighted by molar-refractivity contribution is -0.137. The van der Waals surface area contributed by atoms with E-state index in [1.54, 1.807) is 0 Å². The zero-order valence-electron chi connectivity index (χ0n) is 10.0. The third kappa shape index (κ3) is 2.60. The van der Waals surface area contributed by atoms with Crippen LogP contribution in [-0.4, -0.2) is 10.7 Å². The molecule has 0 amide bonds. The Labute approximate surface area is 121 Å². The van der Waals surface area contributed by atoms with Gasteiger partial charge in [-0.1, -0.05) is 28.1 Å². The van der Waals surface area contributed by atoms with Crippen LogP contribution in [-0.2, 0) is 6.18 Å². The Balaban J connectivity index is 1.78. The fraction of sp³-hybridized carbons (Fsp3) is 0.143. The van der Waals surface area contributed by atoms with Gasteiger partial charge in [-0.25, -0.2) is 0 Å². The standard InChI is InChI=1S/C14H8BrF3N2/c15-10-3-1-2-8(6-10)12-13(20-12)11-5-4-9(7-19-11)14(16,17)18/h1-7,12H. The van der Waals surface area contributed by atoms with Crippen molar-refractivity contribution in [3.63, 3.8) is 0 Å². The molecule has 1 aromatic carbocycles. The Hall–Kier alpha value is -1.69. The smallest absolute Gasteiger partial charge is 0.270 e. The Bertz CT molecular complexity index is 678. The number of pyridine rings is 1. The summed E-state index contributed by atoms with van der Waals surface area (Å²) in [5, 5.41) is 0. The minimum atomic E-state index is -4.36. The lowest BCUT2D eigenvalue weighted by atomic mass is 10.1. The van der Waals surface area contributed by atoms with E-state index in [-0.39, 0.29) is 6.04 Å². The number of alkyl halides is 3. The van der Waals surface area contributed by atoms with Gasteiger partial charge in [0.1, 0.15) is 6.04 Å². The largest absolute Gasteiger partial charge is 0.417 e. The Kier molecular flexibility index (Phi) is 3.12. The van der Waals surface area contributed by atoms with Gasteiger partial charge < -0.3 is 0 Å². The third-order valence-corrected chi connectivity index (χ3v) is 3.47. The second kappa shape index (κ2) is 4.70. The van der Waals surface area contributed by atoms with Crippen molar-refractivity contribution in [3.05, 3.63) is 63.9 Å². The number of benzene rings is 1. The second-order valence-corrected chi connectivity index (χ2v) is 5.32. The predicted molar refractivity (Wildman–Crippen MR) is 72.7 cm³/mol. The summed E-state index contributed by atoms with van der Waals surface area (Å²) in [6, 6.07) is 9.95. The lowest BCUT2D eigenvalue weighted by Crippen LogP contribution is -2.06. The monoisotopic (exact) mass is 340 g/mol. The average Bonchev–Trinajstić information content (AvgIpc) is 3.18. The van der Waals surface area contributed by atoms with Crippen molar-refractivity contribution in [3.8, 4) is 0 Å². The first-order valence-electron chi connectivity index (χ1n) is 5.82. The summed E-state index contributed by atoms with van der Waals surface area (Å²) >= 11 is 3.37. The quantitative estimate of drug-likeness (QED) is 0.795. The van der Waals surface area contributed by atoms with E-state index in [1.807, 2.05) is 24.3 Å². The Morgan fingerprint density at radius 2 is 1.90 bits per heavy atom. The summed E-state index contributed by atoms with van der Waals surface area (Å²) in [5.41, 5.74) is 1.46. The summed E-state index contributed by atoms with van der Waals surface area (Å²) in [5.74, 6) is 0. The van der Waals surface area contributed by atoms with Gasteiger partial charge in [0.05, 0.1) is 17.0 Å². The molecule has 0 fully saturated rings. The zero-order valence-corrected chi connectivity index (χ0v) is 11.6. The molecule has 0 radical (unpaired) electrons. The van der Waals surface area contributed by atoms with Crippen LogP contribution in [0, 0.1) is 0 Å². The van der Waals surface area contributed by atoms with Crippen molar-refractivity contribution < 1.29 is 13.2 Å². The number of nitrogens with zero attached hydrogens (tertiary/aromatic N) is 2. The van der Waals surface area contributed by atoms with Crippen molar-refractivity contribution in [1.82, 2.24) is 4.98 Å². The molecule has 0 N–H and O–H groups in total. The molecule has 0 saturated carbocycles. The van der Waals surface area contributed by atoms with E-state index < -0.39 is 11.7 Å². The second-order valence-electron chi connectivity index (χ2n) is 4.40. The SMILES string of the molecule is FC(F)(F)c1ccc(C2=NC2c2cccc(Br)c2)nc1. The minimum absolute atomic E-state index is 0.100. The van der Waals surface area contributed by atoms with Crippen molar-refractivity contribution in [1.29, 1.82) is 0 Å². The molecule has 1 aromatic heterocycles. The van der Waals surface area contributed by atoms with Gasteiger partial charge in [0.15, 0.2) is 0 Å². The van der Waals surface area contributed by atoms with E-state index in [0.29, 0.717) is 5.69 Å². The van der Waals surface area contributed by atoms with Gasteiger partial charge in [-0.3, -0.25) is 9.98 Å². The maximum atomic E-state index is 12.4. The third-order valence-electron chi connectivity index (χ3n) is 2.98. The fourth-order valence-corrected chi connectivity index (χ4v) is 2.35. The highest BCUT2D eigenvalue weighted by Gasteiger charge is 2.34. The number of aliphatic imine (C=N–C) groups is 1. The van der Waals surface area contributed by atoms with Crippen molar-refractivity contribution in [2.24, 2.45) is 4.99 Å². The molecule has 0 bridgehead atoms. The molecule has 6 heteroatoms. The molecule has 0 aliphatic carbocycles. The first-order chi connectivity index (χ1) is 9.45. The number of rotatable bonds is 2. The van der Waals surface area contributed by atoms with Gasteiger partial charge in [-0.2, -0.15) is 13.2 Å². The molecule has 20 heavy (non-hydrogen) atoms. The lowest BCUT2D eigenvalue weighted by Gasteiger charge is -2.05. The molecule has 0 saturated heterocycles. The summed E-state index contributed by atoms with van der Waals surface area (Å²) in [4.78, 5) is 8.12. The molecule has 2 nitrogen and oxygen atoms in total. The highest BCUT2D eigenvalue weighted by molar-refractivity contribution is 9.10. The van der Waals surface area contributed by atoms with Crippen LogP contribution in [0.5, 0.6) is 0 Å². The summed E-state index contributed by atoms with van der Waals surface area (Å²) < 4.78 is 38.3. The van der Waals surface area contributed by atoms with Crippen LogP contribution in [0.2, 0.25) is 0 Å². The van der Waals surface area contributed by atoms with Crippen molar-refractivity contribution in [2.45, 2.75) is 12.2 Å². The zero-order chi connectivity index (χ0) is 14.3. The van der Waals surface area contributed by atoms with E-state index >= 15 is 0 Å². The topological polar surface area (TPSA) is 25.2 Å². The number of hydrogen-bond donors (Lipinski definition) is 0. The van der Waals surface area contributed by atoms with E-state index in [4.69, 9.17) is 0 Å². The summed E-state index contributed by atoms with van der Waals surface area (Å²) in [7, 11) is 0. The van der Waals surface area contributed by atoms with Gasteiger partial charge in [-0.05, 0) is 29.8 Å². The maximum Gasteiger partial charge on any atom is 0.417 e. The predicted octanol–water partition coefficient (Wildman–Crippen LogP) is 4.41. The van der Waals surface area contributed by atoms with Gasteiger partial charge in [0.2, 0.25) is 0 Å². The molecule has 102 valence electrons. The highest BCUT2D eigenvalue weighted by atomic mass is 79.9. The number of hydrogen-bond acceptors (Lipinski definition) is 2. The van der Waals surface area contributed by atoms with Gasteiger partial charge >= 0.3 is 6.18 Å². The van der Waals surface area contributed by atoms with Crippen LogP contribution < -0.4 is 0 Å². The summed E-state index contributed by atoms with van der Waals surface area (Å²) in [6.07, 6.45) is -3.52. The van der Waals surface area contributed by atoms with E-state index in [2.05, 4.69) is 25.9 Å². The number of aromatic nitrogens is 1. The molecule has 1 atom stereocenters. The Morgan fingerprint density at radius 3 is 2.50 bits per heavy atom. The van der Waals surface area contributed by atoms with E-state index in [0.717, 1.165) is 28.0 Å². The van der Waals surface area contributed by atoms with Crippen LogP contribution >= 0.6 is 15.9 Å². The molecular formula is C14H8BrF3N2. The Morgan fingerprint density at radius 1 is 1.10 bits per heavy atom. The minimum Gasteiger partial charge on any atom is -0.270 e. The molecule has 2 heterocycles. The van der Waals surface area contributed by atoms with E-state index in [1.165, 1.54) is 6.07 Å². The van der Waals surface area contributed by atoms with Crippen molar-refractivity contribution in [2.75, 3.05) is 0 Å². The van der Waals surface area contributed by atoms with Gasteiger partial charge in [0, 0.05) is 10.7 Å². The van der Waals surface area contributed by atoms with Crippen LogP contribution in [0.1, 0.15) is 22.9 Å². The molecule has 3 rings (SSSR count). The molecule has 0 spiro atoms. The summed E-state index contributed by atoms with van der Waals surface area (Å²) in [6.45, 7) is 0. The molecular weight excluding hydrogens is 333 g/mol. The van der Waals surface area contributed by atoms with Crippen LogP contribution in [0.4, 0.5) is 13.2 Å². The first kappa shape index (κ1) is 13.3. The maximum absolute atomic E-state index is 12.4. The fourth-order valence-electron chi connectivity index (χ4n) is 1.93.